The van der Waals surface area contributed by atoms with Crippen molar-refractivity contribution in [2.24, 2.45) is 5.92 Å². The molecule has 17 heavy (non-hydrogen) atoms. The van der Waals surface area contributed by atoms with Crippen molar-refractivity contribution in [2.75, 3.05) is 6.61 Å². The number of aromatic nitrogens is 3. The molecule has 1 N–H and O–H groups in total. The number of hydrogen-bond acceptors (Lipinski definition) is 3. The number of aliphatic hydroxyl groups is 1. The Morgan fingerprint density at radius 2 is 2.00 bits per heavy atom. The Morgan fingerprint density at radius 1 is 1.18 bits per heavy atom. The molecule has 1 aliphatic heterocycles. The van der Waals surface area contributed by atoms with Crippen molar-refractivity contribution >= 4 is 0 Å². The van der Waals surface area contributed by atoms with E-state index in [-0.39, 0.29) is 6.61 Å². The molecule has 1 unspecified atom stereocenters. The van der Waals surface area contributed by atoms with Gasteiger partial charge in [-0.15, -0.1) is 0 Å². The smallest absolute Gasteiger partial charge is 0.154 e. The van der Waals surface area contributed by atoms with E-state index in [2.05, 4.69) is 9.78 Å². The summed E-state index contributed by atoms with van der Waals surface area (Å²) in [4.78, 5) is 4.71. The van der Waals surface area contributed by atoms with Crippen molar-refractivity contribution in [1.82, 2.24) is 14.8 Å². The minimum Gasteiger partial charge on any atom is -0.396 e. The summed E-state index contributed by atoms with van der Waals surface area (Å²) in [5, 5.41) is 13.9. The van der Waals surface area contributed by atoms with Gasteiger partial charge in [-0.2, -0.15) is 5.10 Å². The molecular weight excluding hydrogens is 214 g/mol. The van der Waals surface area contributed by atoms with Gasteiger partial charge >= 0.3 is 0 Å². The van der Waals surface area contributed by atoms with E-state index in [0.717, 1.165) is 31.0 Å². The Hall–Kier alpha value is -0.900. The molecule has 0 amide bonds. The standard InChI is InChI=1S/C13H21N3O/c17-9-10-6-7-16-12(8-10)14-13(15-16)11-4-2-1-3-5-11/h10-11,17H,1-9H2. The number of aryl methyl sites for hydroxylation is 1. The summed E-state index contributed by atoms with van der Waals surface area (Å²) in [5.41, 5.74) is 0. The third kappa shape index (κ3) is 2.23. The fraction of sp³-hybridized carbons (Fsp3) is 0.846. The highest BCUT2D eigenvalue weighted by molar-refractivity contribution is 5.03. The average molecular weight is 235 g/mol. The van der Waals surface area contributed by atoms with E-state index in [4.69, 9.17) is 4.98 Å². The lowest BCUT2D eigenvalue weighted by Gasteiger charge is -2.19. The van der Waals surface area contributed by atoms with Gasteiger partial charge in [0, 0.05) is 25.5 Å². The largest absolute Gasteiger partial charge is 0.396 e. The summed E-state index contributed by atoms with van der Waals surface area (Å²) < 4.78 is 2.07. The quantitative estimate of drug-likeness (QED) is 0.851. The molecule has 4 nitrogen and oxygen atoms in total. The van der Waals surface area contributed by atoms with E-state index in [1.807, 2.05) is 0 Å². The van der Waals surface area contributed by atoms with Crippen molar-refractivity contribution in [3.05, 3.63) is 11.6 Å². The van der Waals surface area contributed by atoms with Crippen LogP contribution < -0.4 is 0 Å². The van der Waals surface area contributed by atoms with Gasteiger partial charge in [-0.05, 0) is 25.2 Å². The summed E-state index contributed by atoms with van der Waals surface area (Å²) in [6.07, 6.45) is 8.48. The first kappa shape index (κ1) is 11.2. The zero-order valence-electron chi connectivity index (χ0n) is 10.3. The Balaban J connectivity index is 1.77. The Bertz CT molecular complexity index is 382. The van der Waals surface area contributed by atoms with Gasteiger partial charge in [0.05, 0.1) is 0 Å². The van der Waals surface area contributed by atoms with Crippen LogP contribution in [-0.4, -0.2) is 26.5 Å². The van der Waals surface area contributed by atoms with E-state index in [1.54, 1.807) is 0 Å². The Morgan fingerprint density at radius 3 is 2.76 bits per heavy atom. The topological polar surface area (TPSA) is 50.9 Å². The van der Waals surface area contributed by atoms with Crippen LogP contribution in [0.5, 0.6) is 0 Å². The first-order chi connectivity index (χ1) is 8.36. The molecule has 4 heteroatoms. The molecule has 1 fully saturated rings. The van der Waals surface area contributed by atoms with Crippen LogP contribution in [0.4, 0.5) is 0 Å². The van der Waals surface area contributed by atoms with Crippen LogP contribution in [0.15, 0.2) is 0 Å². The lowest BCUT2D eigenvalue weighted by molar-refractivity contribution is 0.196. The first-order valence-corrected chi connectivity index (χ1v) is 6.91. The molecule has 2 heterocycles. The maximum atomic E-state index is 9.21. The number of hydrogen-bond donors (Lipinski definition) is 1. The predicted molar refractivity (Wildman–Crippen MR) is 64.7 cm³/mol. The van der Waals surface area contributed by atoms with E-state index < -0.39 is 0 Å². The normalized spacial score (nSPS) is 25.8. The molecule has 2 aliphatic rings. The highest BCUT2D eigenvalue weighted by Crippen LogP contribution is 2.31. The Labute approximate surface area is 102 Å². The molecule has 0 bridgehead atoms. The predicted octanol–water partition coefficient (Wildman–Crippen LogP) is 1.88. The summed E-state index contributed by atoms with van der Waals surface area (Å²) in [6.45, 7) is 1.21. The van der Waals surface area contributed by atoms with Gasteiger partial charge in [0.15, 0.2) is 5.82 Å². The number of rotatable bonds is 2. The minimum absolute atomic E-state index is 0.283. The van der Waals surface area contributed by atoms with Gasteiger partial charge < -0.3 is 5.11 Å². The van der Waals surface area contributed by atoms with Crippen LogP contribution in [0, 0.1) is 5.92 Å². The van der Waals surface area contributed by atoms with E-state index in [9.17, 15) is 5.11 Å². The fourth-order valence-corrected chi connectivity index (χ4v) is 3.08. The van der Waals surface area contributed by atoms with Gasteiger partial charge in [-0.1, -0.05) is 19.3 Å². The summed E-state index contributed by atoms with van der Waals surface area (Å²) in [5.74, 6) is 3.15. The fourth-order valence-electron chi connectivity index (χ4n) is 3.08. The second kappa shape index (κ2) is 4.77. The van der Waals surface area contributed by atoms with Crippen LogP contribution in [0.2, 0.25) is 0 Å². The molecule has 1 atom stereocenters. The summed E-state index contributed by atoms with van der Waals surface area (Å²) in [7, 11) is 0. The highest BCUT2D eigenvalue weighted by atomic mass is 16.3. The number of fused-ring (bicyclic) bond motifs is 1. The monoisotopic (exact) mass is 235 g/mol. The highest BCUT2D eigenvalue weighted by Gasteiger charge is 2.25. The maximum absolute atomic E-state index is 9.21. The molecule has 1 saturated carbocycles. The van der Waals surface area contributed by atoms with Gasteiger partial charge in [0.25, 0.3) is 0 Å². The van der Waals surface area contributed by atoms with Crippen LogP contribution in [0.1, 0.15) is 56.1 Å². The Kier molecular flexibility index (Phi) is 3.14. The minimum atomic E-state index is 0.283. The lowest BCUT2D eigenvalue weighted by Crippen LogP contribution is -2.22. The van der Waals surface area contributed by atoms with E-state index in [1.165, 1.54) is 32.1 Å². The van der Waals surface area contributed by atoms with Crippen molar-refractivity contribution < 1.29 is 5.11 Å². The molecule has 0 aromatic carbocycles. The third-order valence-electron chi connectivity index (χ3n) is 4.21. The average Bonchev–Trinajstić information content (AvgIpc) is 2.82. The molecule has 0 saturated heterocycles. The summed E-state index contributed by atoms with van der Waals surface area (Å²) in [6, 6.07) is 0. The molecule has 1 aromatic rings. The van der Waals surface area contributed by atoms with Gasteiger partial charge in [0.1, 0.15) is 5.82 Å². The zero-order valence-corrected chi connectivity index (χ0v) is 10.3. The SMILES string of the molecule is OCC1CCn2nc(C3CCCCC3)nc2C1. The molecular formula is C13H21N3O. The molecule has 3 rings (SSSR count). The third-order valence-corrected chi connectivity index (χ3v) is 4.21. The number of aliphatic hydroxyl groups excluding tert-OH is 1. The van der Waals surface area contributed by atoms with Crippen molar-refractivity contribution in [1.29, 1.82) is 0 Å². The second-order valence-electron chi connectivity index (χ2n) is 5.49. The van der Waals surface area contributed by atoms with Crippen molar-refractivity contribution in [2.45, 2.75) is 57.4 Å². The lowest BCUT2D eigenvalue weighted by atomic mass is 9.89. The molecule has 0 radical (unpaired) electrons. The molecule has 94 valence electrons. The number of nitrogens with zero attached hydrogens (tertiary/aromatic N) is 3. The molecule has 0 spiro atoms. The molecule has 1 aliphatic carbocycles. The van der Waals surface area contributed by atoms with E-state index >= 15 is 0 Å². The maximum Gasteiger partial charge on any atom is 0.154 e. The van der Waals surface area contributed by atoms with Crippen LogP contribution in [0.3, 0.4) is 0 Å². The van der Waals surface area contributed by atoms with Crippen molar-refractivity contribution in [3.63, 3.8) is 0 Å². The van der Waals surface area contributed by atoms with Crippen LogP contribution >= 0.6 is 0 Å². The zero-order chi connectivity index (χ0) is 11.7. The van der Waals surface area contributed by atoms with E-state index in [0.29, 0.717) is 11.8 Å². The molecule has 1 aromatic heterocycles. The van der Waals surface area contributed by atoms with Gasteiger partial charge in [-0.25, -0.2) is 9.67 Å². The van der Waals surface area contributed by atoms with Gasteiger partial charge in [0.2, 0.25) is 0 Å². The summed E-state index contributed by atoms with van der Waals surface area (Å²) >= 11 is 0. The first-order valence-electron chi connectivity index (χ1n) is 6.91. The second-order valence-corrected chi connectivity index (χ2v) is 5.49. The van der Waals surface area contributed by atoms with Crippen LogP contribution in [0.25, 0.3) is 0 Å². The van der Waals surface area contributed by atoms with Crippen LogP contribution in [-0.2, 0) is 13.0 Å². The van der Waals surface area contributed by atoms with Gasteiger partial charge in [-0.3, -0.25) is 0 Å². The van der Waals surface area contributed by atoms with Crippen molar-refractivity contribution in [3.8, 4) is 0 Å².